The smallest absolute Gasteiger partial charge is 0.305 e. The number of aliphatic carboxylic acids is 1. The summed E-state index contributed by atoms with van der Waals surface area (Å²) >= 11 is 0. The first kappa shape index (κ1) is 25.4. The van der Waals surface area contributed by atoms with Crippen molar-refractivity contribution in [2.75, 3.05) is 26.2 Å². The van der Waals surface area contributed by atoms with E-state index in [-0.39, 0.29) is 36.5 Å². The zero-order chi connectivity index (χ0) is 22.8. The largest absolute Gasteiger partial charge is 0.481 e. The summed E-state index contributed by atoms with van der Waals surface area (Å²) in [5, 5.41) is 20.1. The van der Waals surface area contributed by atoms with Crippen molar-refractivity contribution in [2.45, 2.75) is 95.9 Å². The highest BCUT2D eigenvalue weighted by Gasteiger charge is 2.33. The molecular formula is C22H41N5O4. The molecular weight excluding hydrogens is 398 g/mol. The molecule has 0 aliphatic carbocycles. The van der Waals surface area contributed by atoms with E-state index in [1.165, 1.54) is 0 Å². The molecule has 5 N–H and O–H groups in total. The third kappa shape index (κ3) is 7.96. The number of hydrogen-bond donors (Lipinski definition) is 4. The minimum absolute atomic E-state index is 0.0891. The molecule has 9 heteroatoms. The SMILES string of the molecule is CCC(CC)N[C@@H](CC(=O)O)C(=O)N1CCCC[C@H]1CCOC1CCN(C(=N)N)CC1. The number of hydrogen-bond acceptors (Lipinski definition) is 5. The second-order valence-corrected chi connectivity index (χ2v) is 8.74. The van der Waals surface area contributed by atoms with Gasteiger partial charge in [0.05, 0.1) is 18.6 Å². The molecule has 0 aromatic heterocycles. The molecule has 2 saturated heterocycles. The fraction of sp³-hybridized carbons (Fsp3) is 0.864. The number of nitrogens with zero attached hydrogens (tertiary/aromatic N) is 2. The van der Waals surface area contributed by atoms with Crippen LogP contribution < -0.4 is 11.1 Å². The first-order valence-corrected chi connectivity index (χ1v) is 11.8. The van der Waals surface area contributed by atoms with Gasteiger partial charge in [0.1, 0.15) is 0 Å². The number of piperidine rings is 2. The zero-order valence-electron chi connectivity index (χ0n) is 19.1. The van der Waals surface area contributed by atoms with Crippen molar-refractivity contribution in [3.05, 3.63) is 0 Å². The first-order chi connectivity index (χ1) is 14.8. The number of ether oxygens (including phenoxy) is 1. The summed E-state index contributed by atoms with van der Waals surface area (Å²) in [5.74, 6) is -0.924. The molecule has 2 rings (SSSR count). The van der Waals surface area contributed by atoms with Crippen molar-refractivity contribution in [3.8, 4) is 0 Å². The summed E-state index contributed by atoms with van der Waals surface area (Å²) in [5.41, 5.74) is 5.55. The van der Waals surface area contributed by atoms with Crippen LogP contribution in [0.4, 0.5) is 0 Å². The average molecular weight is 440 g/mol. The average Bonchev–Trinajstić information content (AvgIpc) is 2.76. The fourth-order valence-corrected chi connectivity index (χ4v) is 4.63. The monoisotopic (exact) mass is 439 g/mol. The van der Waals surface area contributed by atoms with Crippen LogP contribution in [0.5, 0.6) is 0 Å². The van der Waals surface area contributed by atoms with Gasteiger partial charge >= 0.3 is 5.97 Å². The Bertz CT molecular complexity index is 590. The highest BCUT2D eigenvalue weighted by Crippen LogP contribution is 2.23. The maximum absolute atomic E-state index is 13.3. The Morgan fingerprint density at radius 2 is 1.84 bits per heavy atom. The lowest BCUT2D eigenvalue weighted by Crippen LogP contribution is -2.55. The highest BCUT2D eigenvalue weighted by atomic mass is 16.5. The van der Waals surface area contributed by atoms with E-state index in [1.54, 1.807) is 0 Å². The van der Waals surface area contributed by atoms with Gasteiger partial charge in [-0.25, -0.2) is 0 Å². The Morgan fingerprint density at radius 1 is 1.16 bits per heavy atom. The van der Waals surface area contributed by atoms with Crippen LogP contribution in [0.3, 0.4) is 0 Å². The van der Waals surface area contributed by atoms with Gasteiger partial charge in [0.15, 0.2) is 5.96 Å². The van der Waals surface area contributed by atoms with Crippen molar-refractivity contribution < 1.29 is 19.4 Å². The third-order valence-electron chi connectivity index (χ3n) is 6.60. The van der Waals surface area contributed by atoms with E-state index in [0.29, 0.717) is 13.2 Å². The Morgan fingerprint density at radius 3 is 2.42 bits per heavy atom. The van der Waals surface area contributed by atoms with E-state index >= 15 is 0 Å². The predicted molar refractivity (Wildman–Crippen MR) is 120 cm³/mol. The van der Waals surface area contributed by atoms with E-state index in [0.717, 1.165) is 64.5 Å². The lowest BCUT2D eigenvalue weighted by molar-refractivity contribution is -0.145. The minimum atomic E-state index is -0.953. The fourth-order valence-electron chi connectivity index (χ4n) is 4.63. The molecule has 0 spiro atoms. The molecule has 9 nitrogen and oxygen atoms in total. The zero-order valence-corrected chi connectivity index (χ0v) is 19.1. The molecule has 0 aromatic carbocycles. The van der Waals surface area contributed by atoms with Crippen LogP contribution in [0.2, 0.25) is 0 Å². The molecule has 0 aromatic rings. The molecule has 31 heavy (non-hydrogen) atoms. The summed E-state index contributed by atoms with van der Waals surface area (Å²) in [6.07, 6.45) is 7.14. The van der Waals surface area contributed by atoms with Crippen molar-refractivity contribution in [1.29, 1.82) is 5.41 Å². The normalized spacial score (nSPS) is 21.3. The molecule has 0 unspecified atom stereocenters. The second kappa shape index (κ2) is 12.9. The molecule has 2 heterocycles. The van der Waals surface area contributed by atoms with Gasteiger partial charge in [-0.2, -0.15) is 0 Å². The van der Waals surface area contributed by atoms with Crippen LogP contribution in [-0.4, -0.2) is 83.2 Å². The van der Waals surface area contributed by atoms with Crippen molar-refractivity contribution >= 4 is 17.8 Å². The van der Waals surface area contributed by atoms with E-state index in [4.69, 9.17) is 15.9 Å². The third-order valence-corrected chi connectivity index (χ3v) is 6.60. The number of carboxylic acids is 1. The van der Waals surface area contributed by atoms with Crippen LogP contribution in [0.25, 0.3) is 0 Å². The maximum Gasteiger partial charge on any atom is 0.305 e. The lowest BCUT2D eigenvalue weighted by atomic mass is 9.97. The van der Waals surface area contributed by atoms with E-state index in [1.807, 2.05) is 23.6 Å². The molecule has 2 atom stereocenters. The van der Waals surface area contributed by atoms with Crippen LogP contribution in [-0.2, 0) is 14.3 Å². The van der Waals surface area contributed by atoms with Crippen molar-refractivity contribution in [3.63, 3.8) is 0 Å². The number of nitrogens with one attached hydrogen (secondary N) is 2. The number of carbonyl (C=O) groups excluding carboxylic acids is 1. The first-order valence-electron chi connectivity index (χ1n) is 11.8. The molecule has 1 amide bonds. The molecule has 2 aliphatic heterocycles. The second-order valence-electron chi connectivity index (χ2n) is 8.74. The Kier molecular flexibility index (Phi) is 10.5. The quantitative estimate of drug-likeness (QED) is 0.285. The van der Waals surface area contributed by atoms with Gasteiger partial charge in [-0.15, -0.1) is 0 Å². The number of likely N-dealkylation sites (tertiary alicyclic amines) is 2. The Labute approximate surface area is 186 Å². The molecule has 0 saturated carbocycles. The van der Waals surface area contributed by atoms with Gasteiger partial charge < -0.3 is 30.7 Å². The number of carboxylic acid groups (broad SMARTS) is 1. The standard InChI is InChI=1S/C22H41N5O4/c1-3-16(4-2)25-19(15-20(28)29)21(30)27-11-6-5-7-17(27)10-14-31-18-8-12-26(13-9-18)22(23)24/h16-19,25H,3-15H2,1-2H3,(H3,23,24)(H,28,29)/t17-,19-/m0/s1. The molecule has 0 bridgehead atoms. The van der Waals surface area contributed by atoms with Gasteiger partial charge in [-0.05, 0) is 51.4 Å². The van der Waals surface area contributed by atoms with Crippen LogP contribution in [0.1, 0.15) is 71.6 Å². The minimum Gasteiger partial charge on any atom is -0.481 e. The number of guanidine groups is 1. The maximum atomic E-state index is 13.3. The molecule has 2 fully saturated rings. The van der Waals surface area contributed by atoms with Crippen LogP contribution in [0, 0.1) is 5.41 Å². The van der Waals surface area contributed by atoms with Crippen molar-refractivity contribution in [1.82, 2.24) is 15.1 Å². The summed E-state index contributed by atoms with van der Waals surface area (Å²) < 4.78 is 6.08. The summed E-state index contributed by atoms with van der Waals surface area (Å²) in [6, 6.07) is -0.445. The number of nitrogens with two attached hydrogens (primary N) is 1. The van der Waals surface area contributed by atoms with Crippen LogP contribution in [0.15, 0.2) is 0 Å². The van der Waals surface area contributed by atoms with Crippen LogP contribution >= 0.6 is 0 Å². The van der Waals surface area contributed by atoms with Gasteiger partial charge in [-0.1, -0.05) is 13.8 Å². The summed E-state index contributed by atoms with van der Waals surface area (Å²) in [4.78, 5) is 28.4. The Balaban J connectivity index is 1.89. The molecule has 2 aliphatic rings. The summed E-state index contributed by atoms with van der Waals surface area (Å²) in [6.45, 7) is 6.85. The number of amides is 1. The van der Waals surface area contributed by atoms with E-state index in [2.05, 4.69) is 5.32 Å². The van der Waals surface area contributed by atoms with Gasteiger partial charge in [0.25, 0.3) is 0 Å². The number of rotatable bonds is 11. The number of carbonyl (C=O) groups is 2. The van der Waals surface area contributed by atoms with Gasteiger partial charge in [-0.3, -0.25) is 15.0 Å². The molecule has 178 valence electrons. The predicted octanol–water partition coefficient (Wildman–Crippen LogP) is 1.75. The molecule has 0 radical (unpaired) electrons. The van der Waals surface area contributed by atoms with Crippen molar-refractivity contribution in [2.24, 2.45) is 5.73 Å². The highest BCUT2D eigenvalue weighted by molar-refractivity contribution is 5.86. The van der Waals surface area contributed by atoms with E-state index in [9.17, 15) is 14.7 Å². The topological polar surface area (TPSA) is 132 Å². The van der Waals surface area contributed by atoms with Gasteiger partial charge in [0.2, 0.25) is 5.91 Å². The van der Waals surface area contributed by atoms with E-state index < -0.39 is 12.0 Å². The van der Waals surface area contributed by atoms with Gasteiger partial charge in [0, 0.05) is 38.3 Å². The lowest BCUT2D eigenvalue weighted by Gasteiger charge is -2.39. The Hall–Kier alpha value is -1.87. The summed E-state index contributed by atoms with van der Waals surface area (Å²) in [7, 11) is 0.